The molecule has 0 spiro atoms. The standard InChI is InChI=1S/C23H15N3O/c1-2-6-16(7-3-1)17-10-12-19(13-11-17)22-25-26-23(27-22)21-15-14-18-8-4-5-9-20(18)24-21/h1-15H. The summed E-state index contributed by atoms with van der Waals surface area (Å²) < 4.78 is 5.87. The Bertz CT molecular complexity index is 1210. The minimum atomic E-state index is 0.419. The van der Waals surface area contributed by atoms with Gasteiger partial charge in [-0.05, 0) is 35.4 Å². The van der Waals surface area contributed by atoms with E-state index in [1.807, 2.05) is 66.7 Å². The first kappa shape index (κ1) is 15.5. The third-order valence-corrected chi connectivity index (χ3v) is 4.48. The lowest BCUT2D eigenvalue weighted by molar-refractivity contribution is 0.582. The highest BCUT2D eigenvalue weighted by Crippen LogP contribution is 2.26. The van der Waals surface area contributed by atoms with E-state index in [1.165, 1.54) is 5.56 Å². The molecule has 0 fully saturated rings. The lowest BCUT2D eigenvalue weighted by Crippen LogP contribution is -1.84. The molecule has 0 unspecified atom stereocenters. The Kier molecular flexibility index (Phi) is 3.72. The molecule has 2 aromatic heterocycles. The van der Waals surface area contributed by atoms with E-state index in [-0.39, 0.29) is 0 Å². The molecule has 0 saturated heterocycles. The van der Waals surface area contributed by atoms with Crippen molar-refractivity contribution in [3.05, 3.63) is 91.0 Å². The van der Waals surface area contributed by atoms with Crippen LogP contribution in [0.3, 0.4) is 0 Å². The van der Waals surface area contributed by atoms with E-state index < -0.39 is 0 Å². The minimum Gasteiger partial charge on any atom is -0.415 e. The number of hydrogen-bond donors (Lipinski definition) is 0. The second-order valence-corrected chi connectivity index (χ2v) is 6.24. The third-order valence-electron chi connectivity index (χ3n) is 4.48. The lowest BCUT2D eigenvalue weighted by Gasteiger charge is -2.02. The zero-order chi connectivity index (χ0) is 18.1. The first-order valence-electron chi connectivity index (χ1n) is 8.72. The highest BCUT2D eigenvalue weighted by molar-refractivity contribution is 5.80. The molecule has 0 atom stereocenters. The summed E-state index contributed by atoms with van der Waals surface area (Å²) in [7, 11) is 0. The maximum atomic E-state index is 5.87. The van der Waals surface area contributed by atoms with Gasteiger partial charge in [-0.3, -0.25) is 0 Å². The van der Waals surface area contributed by atoms with Gasteiger partial charge in [-0.1, -0.05) is 66.7 Å². The molecule has 5 aromatic rings. The van der Waals surface area contributed by atoms with Crippen LogP contribution in [0, 0.1) is 0 Å². The summed E-state index contributed by atoms with van der Waals surface area (Å²) in [5.41, 5.74) is 4.79. The Hall–Kier alpha value is -3.79. The summed E-state index contributed by atoms with van der Waals surface area (Å²) in [6.07, 6.45) is 0. The highest BCUT2D eigenvalue weighted by atomic mass is 16.4. The number of rotatable bonds is 3. The van der Waals surface area contributed by atoms with E-state index in [0.29, 0.717) is 17.5 Å². The average Bonchev–Trinajstić information content (AvgIpc) is 3.24. The van der Waals surface area contributed by atoms with Gasteiger partial charge in [0, 0.05) is 10.9 Å². The van der Waals surface area contributed by atoms with Crippen molar-refractivity contribution in [2.75, 3.05) is 0 Å². The quantitative estimate of drug-likeness (QED) is 0.424. The van der Waals surface area contributed by atoms with Crippen molar-refractivity contribution in [1.82, 2.24) is 15.2 Å². The number of benzene rings is 3. The Morgan fingerprint density at radius 3 is 2.04 bits per heavy atom. The third kappa shape index (κ3) is 2.98. The van der Waals surface area contributed by atoms with Crippen molar-refractivity contribution < 1.29 is 4.42 Å². The van der Waals surface area contributed by atoms with Gasteiger partial charge in [0.25, 0.3) is 5.89 Å². The molecule has 0 N–H and O–H groups in total. The van der Waals surface area contributed by atoms with E-state index in [4.69, 9.17) is 4.42 Å². The molecule has 0 amide bonds. The molecule has 3 aromatic carbocycles. The van der Waals surface area contributed by atoms with Gasteiger partial charge >= 0.3 is 0 Å². The summed E-state index contributed by atoms with van der Waals surface area (Å²) in [5, 5.41) is 9.44. The largest absolute Gasteiger partial charge is 0.415 e. The van der Waals surface area contributed by atoms with Crippen LogP contribution in [0.5, 0.6) is 0 Å². The van der Waals surface area contributed by atoms with E-state index in [2.05, 4.69) is 39.4 Å². The summed E-state index contributed by atoms with van der Waals surface area (Å²) in [6.45, 7) is 0. The number of para-hydroxylation sites is 1. The minimum absolute atomic E-state index is 0.419. The smallest absolute Gasteiger partial charge is 0.266 e. The molecular formula is C23H15N3O. The Morgan fingerprint density at radius 1 is 0.519 bits per heavy atom. The van der Waals surface area contributed by atoms with Crippen LogP contribution in [-0.4, -0.2) is 15.2 Å². The Labute approximate surface area is 156 Å². The van der Waals surface area contributed by atoms with Crippen molar-refractivity contribution >= 4 is 10.9 Å². The van der Waals surface area contributed by atoms with Crippen LogP contribution < -0.4 is 0 Å². The van der Waals surface area contributed by atoms with Crippen LogP contribution >= 0.6 is 0 Å². The van der Waals surface area contributed by atoms with Crippen LogP contribution in [0.4, 0.5) is 0 Å². The number of aromatic nitrogens is 3. The first-order chi connectivity index (χ1) is 13.4. The lowest BCUT2D eigenvalue weighted by atomic mass is 10.0. The van der Waals surface area contributed by atoms with Crippen LogP contribution in [0.2, 0.25) is 0 Å². The molecule has 5 rings (SSSR count). The first-order valence-corrected chi connectivity index (χ1v) is 8.72. The predicted octanol–water partition coefficient (Wildman–Crippen LogP) is 5.62. The van der Waals surface area contributed by atoms with Gasteiger partial charge in [-0.25, -0.2) is 4.98 Å². The van der Waals surface area contributed by atoms with Crippen LogP contribution in [0.15, 0.2) is 95.4 Å². The number of hydrogen-bond acceptors (Lipinski definition) is 4. The van der Waals surface area contributed by atoms with Crippen molar-refractivity contribution in [3.8, 4) is 34.2 Å². The molecule has 0 saturated carbocycles. The van der Waals surface area contributed by atoms with Gasteiger partial charge in [-0.15, -0.1) is 10.2 Å². The molecule has 4 heteroatoms. The maximum absolute atomic E-state index is 5.87. The highest BCUT2D eigenvalue weighted by Gasteiger charge is 2.12. The van der Waals surface area contributed by atoms with Gasteiger partial charge in [-0.2, -0.15) is 0 Å². The van der Waals surface area contributed by atoms with E-state index >= 15 is 0 Å². The maximum Gasteiger partial charge on any atom is 0.266 e. The van der Waals surface area contributed by atoms with Gasteiger partial charge in [0.2, 0.25) is 5.89 Å². The second-order valence-electron chi connectivity index (χ2n) is 6.24. The fourth-order valence-corrected chi connectivity index (χ4v) is 3.06. The average molecular weight is 349 g/mol. The topological polar surface area (TPSA) is 51.8 Å². The number of fused-ring (bicyclic) bond motifs is 1. The zero-order valence-corrected chi connectivity index (χ0v) is 14.4. The van der Waals surface area contributed by atoms with Crippen molar-refractivity contribution in [2.24, 2.45) is 0 Å². The second kappa shape index (κ2) is 6.50. The fraction of sp³-hybridized carbons (Fsp3) is 0. The molecule has 27 heavy (non-hydrogen) atoms. The van der Waals surface area contributed by atoms with Crippen molar-refractivity contribution in [1.29, 1.82) is 0 Å². The zero-order valence-electron chi connectivity index (χ0n) is 14.4. The van der Waals surface area contributed by atoms with Crippen LogP contribution in [0.1, 0.15) is 0 Å². The SMILES string of the molecule is c1ccc(-c2ccc(-c3nnc(-c4ccc5ccccc5n4)o3)cc2)cc1. The van der Waals surface area contributed by atoms with E-state index in [0.717, 1.165) is 22.0 Å². The summed E-state index contributed by atoms with van der Waals surface area (Å²) in [5.74, 6) is 0.905. The fourth-order valence-electron chi connectivity index (χ4n) is 3.06. The van der Waals surface area contributed by atoms with Crippen LogP contribution in [0.25, 0.3) is 45.1 Å². The van der Waals surface area contributed by atoms with Crippen LogP contribution in [-0.2, 0) is 0 Å². The van der Waals surface area contributed by atoms with E-state index in [1.54, 1.807) is 0 Å². The van der Waals surface area contributed by atoms with Crippen molar-refractivity contribution in [2.45, 2.75) is 0 Å². The van der Waals surface area contributed by atoms with E-state index in [9.17, 15) is 0 Å². The monoisotopic (exact) mass is 349 g/mol. The molecule has 0 aliphatic rings. The van der Waals surface area contributed by atoms with Gasteiger partial charge in [0.1, 0.15) is 5.69 Å². The number of pyridine rings is 1. The molecule has 0 aliphatic carbocycles. The number of nitrogens with zero attached hydrogens (tertiary/aromatic N) is 3. The van der Waals surface area contributed by atoms with Gasteiger partial charge < -0.3 is 4.42 Å². The normalized spacial score (nSPS) is 11.0. The Balaban J connectivity index is 1.46. The molecule has 0 bridgehead atoms. The molecule has 0 radical (unpaired) electrons. The predicted molar refractivity (Wildman–Crippen MR) is 106 cm³/mol. The van der Waals surface area contributed by atoms with Gasteiger partial charge in [0.15, 0.2) is 0 Å². The molecule has 4 nitrogen and oxygen atoms in total. The Morgan fingerprint density at radius 2 is 1.19 bits per heavy atom. The molecule has 0 aliphatic heterocycles. The molecule has 2 heterocycles. The summed E-state index contributed by atoms with van der Waals surface area (Å²) >= 11 is 0. The van der Waals surface area contributed by atoms with Gasteiger partial charge in [0.05, 0.1) is 5.52 Å². The summed E-state index contributed by atoms with van der Waals surface area (Å²) in [4.78, 5) is 4.61. The molecular weight excluding hydrogens is 334 g/mol. The molecule has 128 valence electrons. The van der Waals surface area contributed by atoms with Crippen molar-refractivity contribution in [3.63, 3.8) is 0 Å². The summed E-state index contributed by atoms with van der Waals surface area (Å²) in [6, 6.07) is 30.2.